The van der Waals surface area contributed by atoms with Gasteiger partial charge in [-0.2, -0.15) is 0 Å². The molecule has 1 N–H and O–H groups in total. The minimum Gasteiger partial charge on any atom is -0.322 e. The van der Waals surface area contributed by atoms with Crippen molar-refractivity contribution in [1.82, 2.24) is 0 Å². The molecule has 0 spiro atoms. The number of thiophene rings is 1. The van der Waals surface area contributed by atoms with E-state index in [0.717, 1.165) is 4.88 Å². The molecule has 1 aromatic heterocycles. The van der Waals surface area contributed by atoms with E-state index >= 15 is 0 Å². The molecule has 5 heteroatoms. The second-order valence-electron chi connectivity index (χ2n) is 3.47. The second kappa shape index (κ2) is 5.93. The minimum atomic E-state index is -0.407. The Kier molecular flexibility index (Phi) is 4.28. The van der Waals surface area contributed by atoms with Crippen LogP contribution >= 0.6 is 27.3 Å². The summed E-state index contributed by atoms with van der Waals surface area (Å²) < 4.78 is 13.6. The minimum absolute atomic E-state index is 0.287. The Morgan fingerprint density at radius 2 is 2.22 bits per heavy atom. The van der Waals surface area contributed by atoms with Crippen molar-refractivity contribution in [3.05, 3.63) is 57.0 Å². The number of anilines is 1. The highest BCUT2D eigenvalue weighted by atomic mass is 79.9. The van der Waals surface area contributed by atoms with Crippen LogP contribution in [0.5, 0.6) is 0 Å². The van der Waals surface area contributed by atoms with Crippen LogP contribution in [0.2, 0.25) is 0 Å². The summed E-state index contributed by atoms with van der Waals surface area (Å²) in [4.78, 5) is 12.6. The normalized spacial score (nSPS) is 10.8. The number of nitrogens with one attached hydrogen (secondary N) is 1. The first kappa shape index (κ1) is 13.0. The third-order valence-corrected chi connectivity index (χ3v) is 3.61. The Morgan fingerprint density at radius 3 is 2.89 bits per heavy atom. The van der Waals surface area contributed by atoms with Crippen LogP contribution in [0.25, 0.3) is 6.08 Å². The molecule has 1 aromatic carbocycles. The molecule has 2 rings (SSSR count). The summed E-state index contributed by atoms with van der Waals surface area (Å²) in [5.74, 6) is -0.694. The predicted octanol–water partition coefficient (Wildman–Crippen LogP) is 4.30. The molecule has 0 fully saturated rings. The highest BCUT2D eigenvalue weighted by Gasteiger charge is 2.02. The van der Waals surface area contributed by atoms with E-state index in [-0.39, 0.29) is 5.91 Å². The molecule has 0 radical (unpaired) electrons. The Labute approximate surface area is 116 Å². The average molecular weight is 326 g/mol. The van der Waals surface area contributed by atoms with Gasteiger partial charge in [-0.05, 0) is 51.7 Å². The van der Waals surface area contributed by atoms with Crippen LogP contribution < -0.4 is 5.32 Å². The fourth-order valence-electron chi connectivity index (χ4n) is 1.30. The van der Waals surface area contributed by atoms with Gasteiger partial charge in [0, 0.05) is 16.6 Å². The van der Waals surface area contributed by atoms with Gasteiger partial charge in [0.2, 0.25) is 5.91 Å². The zero-order valence-corrected chi connectivity index (χ0v) is 11.6. The number of rotatable bonds is 3. The van der Waals surface area contributed by atoms with Crippen LogP contribution in [0.4, 0.5) is 10.1 Å². The number of halogens is 2. The number of amides is 1. The molecule has 0 saturated heterocycles. The highest BCUT2D eigenvalue weighted by Crippen LogP contribution is 2.19. The van der Waals surface area contributed by atoms with Crippen molar-refractivity contribution >= 4 is 44.9 Å². The first-order valence-corrected chi connectivity index (χ1v) is 6.80. The Morgan fingerprint density at radius 1 is 1.39 bits per heavy atom. The van der Waals surface area contributed by atoms with Gasteiger partial charge in [-0.3, -0.25) is 4.79 Å². The molecule has 2 aromatic rings. The maximum atomic E-state index is 13.2. The summed E-state index contributed by atoms with van der Waals surface area (Å²) in [6, 6.07) is 8.26. The fourth-order valence-corrected chi connectivity index (χ4v) is 2.17. The van der Waals surface area contributed by atoms with Crippen molar-refractivity contribution in [2.75, 3.05) is 5.32 Å². The Bertz CT molecular complexity index is 581. The first-order chi connectivity index (χ1) is 8.65. The molecule has 1 amide bonds. The van der Waals surface area contributed by atoms with Crippen LogP contribution in [0, 0.1) is 5.82 Å². The van der Waals surface area contributed by atoms with Gasteiger partial charge in [-0.15, -0.1) is 11.3 Å². The number of carbonyl (C=O) groups is 1. The van der Waals surface area contributed by atoms with Crippen molar-refractivity contribution in [1.29, 1.82) is 0 Å². The summed E-state index contributed by atoms with van der Waals surface area (Å²) in [6.45, 7) is 0. The van der Waals surface area contributed by atoms with Crippen molar-refractivity contribution in [2.24, 2.45) is 0 Å². The number of carbonyl (C=O) groups excluding carboxylic acids is 1. The smallest absolute Gasteiger partial charge is 0.248 e. The number of benzene rings is 1. The summed E-state index contributed by atoms with van der Waals surface area (Å²) >= 11 is 4.59. The lowest BCUT2D eigenvalue weighted by Crippen LogP contribution is -2.07. The summed E-state index contributed by atoms with van der Waals surface area (Å²) in [5.41, 5.74) is 0.427. The fraction of sp³-hybridized carbons (Fsp3) is 0. The Balaban J connectivity index is 2.01. The predicted molar refractivity (Wildman–Crippen MR) is 76.1 cm³/mol. The molecular weight excluding hydrogens is 317 g/mol. The van der Waals surface area contributed by atoms with Crippen LogP contribution in [-0.4, -0.2) is 5.91 Å². The molecule has 0 aliphatic heterocycles. The molecule has 0 aliphatic rings. The van der Waals surface area contributed by atoms with Crippen LogP contribution in [0.1, 0.15) is 4.88 Å². The molecule has 0 saturated carbocycles. The lowest BCUT2D eigenvalue weighted by atomic mass is 10.3. The molecule has 0 aliphatic carbocycles. The quantitative estimate of drug-likeness (QED) is 0.837. The zero-order valence-electron chi connectivity index (χ0n) is 9.19. The van der Waals surface area contributed by atoms with Crippen LogP contribution in [0.3, 0.4) is 0 Å². The molecular formula is C13H9BrFNOS. The van der Waals surface area contributed by atoms with Gasteiger partial charge in [-0.1, -0.05) is 6.07 Å². The van der Waals surface area contributed by atoms with E-state index in [1.54, 1.807) is 29.5 Å². The van der Waals surface area contributed by atoms with Crippen LogP contribution in [0.15, 0.2) is 46.3 Å². The van der Waals surface area contributed by atoms with Gasteiger partial charge in [0.15, 0.2) is 0 Å². The average Bonchev–Trinajstić information content (AvgIpc) is 2.84. The third kappa shape index (κ3) is 3.51. The lowest BCUT2D eigenvalue weighted by molar-refractivity contribution is -0.111. The van der Waals surface area contributed by atoms with E-state index in [9.17, 15) is 9.18 Å². The molecule has 92 valence electrons. The maximum Gasteiger partial charge on any atom is 0.248 e. The van der Waals surface area contributed by atoms with E-state index < -0.39 is 5.82 Å². The SMILES string of the molecule is O=C(C=Cc1cccs1)Nc1ccc(Br)c(F)c1. The molecule has 1 heterocycles. The first-order valence-electron chi connectivity index (χ1n) is 5.13. The monoisotopic (exact) mass is 325 g/mol. The van der Waals surface area contributed by atoms with Crippen molar-refractivity contribution in [3.8, 4) is 0 Å². The summed E-state index contributed by atoms with van der Waals surface area (Å²) in [6.07, 6.45) is 3.14. The van der Waals surface area contributed by atoms with Gasteiger partial charge in [0.05, 0.1) is 4.47 Å². The summed E-state index contributed by atoms with van der Waals surface area (Å²) in [5, 5.41) is 4.52. The largest absolute Gasteiger partial charge is 0.322 e. The van der Waals surface area contributed by atoms with Gasteiger partial charge < -0.3 is 5.32 Å². The maximum absolute atomic E-state index is 13.2. The van der Waals surface area contributed by atoms with Crippen molar-refractivity contribution < 1.29 is 9.18 Å². The molecule has 0 unspecified atom stereocenters. The number of hydrogen-bond donors (Lipinski definition) is 1. The second-order valence-corrected chi connectivity index (χ2v) is 5.30. The van der Waals surface area contributed by atoms with E-state index in [4.69, 9.17) is 0 Å². The van der Waals surface area contributed by atoms with E-state index in [1.807, 2.05) is 17.5 Å². The molecule has 18 heavy (non-hydrogen) atoms. The van der Waals surface area contributed by atoms with E-state index in [0.29, 0.717) is 10.2 Å². The standard InChI is InChI=1S/C13H9BrFNOS/c14-11-5-3-9(8-12(11)15)16-13(17)6-4-10-2-1-7-18-10/h1-8H,(H,16,17). The van der Waals surface area contributed by atoms with Gasteiger partial charge >= 0.3 is 0 Å². The van der Waals surface area contributed by atoms with Crippen LogP contribution in [-0.2, 0) is 4.79 Å². The Hall–Kier alpha value is -1.46. The van der Waals surface area contributed by atoms with Gasteiger partial charge in [-0.25, -0.2) is 4.39 Å². The van der Waals surface area contributed by atoms with E-state index in [1.165, 1.54) is 12.1 Å². The highest BCUT2D eigenvalue weighted by molar-refractivity contribution is 9.10. The number of hydrogen-bond acceptors (Lipinski definition) is 2. The molecule has 2 nitrogen and oxygen atoms in total. The zero-order chi connectivity index (χ0) is 13.0. The topological polar surface area (TPSA) is 29.1 Å². The van der Waals surface area contributed by atoms with Gasteiger partial charge in [0.25, 0.3) is 0 Å². The molecule has 0 atom stereocenters. The summed E-state index contributed by atoms with van der Waals surface area (Å²) in [7, 11) is 0. The van der Waals surface area contributed by atoms with Crippen molar-refractivity contribution in [3.63, 3.8) is 0 Å². The van der Waals surface area contributed by atoms with E-state index in [2.05, 4.69) is 21.2 Å². The van der Waals surface area contributed by atoms with Crippen molar-refractivity contribution in [2.45, 2.75) is 0 Å². The molecule has 0 bridgehead atoms. The van der Waals surface area contributed by atoms with Gasteiger partial charge in [0.1, 0.15) is 5.82 Å². The third-order valence-electron chi connectivity index (χ3n) is 2.13. The lowest BCUT2D eigenvalue weighted by Gasteiger charge is -2.02.